The molecule has 3 rings (SSSR count). The molecule has 0 radical (unpaired) electrons. The lowest BCUT2D eigenvalue weighted by molar-refractivity contribution is -0.384. The number of carbonyl (C=O) groups is 1. The molecule has 0 spiro atoms. The summed E-state index contributed by atoms with van der Waals surface area (Å²) < 4.78 is 12.2. The van der Waals surface area contributed by atoms with Crippen molar-refractivity contribution in [1.82, 2.24) is 9.78 Å². The van der Waals surface area contributed by atoms with Crippen LogP contribution in [0.4, 0.5) is 5.69 Å². The fourth-order valence-corrected chi connectivity index (χ4v) is 2.57. The van der Waals surface area contributed by atoms with E-state index < -0.39 is 10.9 Å². The number of benzene rings is 2. The molecule has 0 amide bonds. The van der Waals surface area contributed by atoms with Gasteiger partial charge in [0.1, 0.15) is 6.61 Å². The minimum absolute atomic E-state index is 0.0281. The van der Waals surface area contributed by atoms with E-state index >= 15 is 0 Å². The molecule has 0 N–H and O–H groups in total. The van der Waals surface area contributed by atoms with Crippen molar-refractivity contribution in [1.29, 1.82) is 5.26 Å². The topological polar surface area (TPSA) is 120 Å². The average Bonchev–Trinajstić information content (AvgIpc) is 3.17. The van der Waals surface area contributed by atoms with Crippen molar-refractivity contribution in [3.05, 3.63) is 81.7 Å². The number of esters is 1. The molecule has 29 heavy (non-hydrogen) atoms. The smallest absolute Gasteiger partial charge is 0.362 e. The maximum Gasteiger partial charge on any atom is 0.362 e. The summed E-state index contributed by atoms with van der Waals surface area (Å²) >= 11 is 0. The molecule has 0 fully saturated rings. The molecule has 0 aliphatic carbocycles. The highest BCUT2D eigenvalue weighted by atomic mass is 16.6. The van der Waals surface area contributed by atoms with Gasteiger partial charge in [0.25, 0.3) is 5.69 Å². The molecule has 0 saturated carbocycles. The van der Waals surface area contributed by atoms with E-state index in [1.807, 2.05) is 0 Å². The molecule has 2 aromatic carbocycles. The first-order valence-electron chi connectivity index (χ1n) is 8.66. The van der Waals surface area contributed by atoms with Crippen LogP contribution in [-0.2, 0) is 11.3 Å². The molecule has 1 heterocycles. The van der Waals surface area contributed by atoms with Gasteiger partial charge in [-0.15, -0.1) is 0 Å². The number of nitrogens with zero attached hydrogens (tertiary/aromatic N) is 4. The van der Waals surface area contributed by atoms with Crippen LogP contribution in [0.1, 0.15) is 28.5 Å². The number of hydrogen-bond acceptors (Lipinski definition) is 7. The van der Waals surface area contributed by atoms with Gasteiger partial charge in [0.15, 0.2) is 5.75 Å². The standard InChI is InChI=1S/C20H16N4O5/c1-2-28-20(25)19-18(29-13-15-6-4-3-5-14(15)11-21)12-23(22-19)16-7-9-17(10-8-16)24(26)27/h3-10,12H,2,13H2,1H3. The monoisotopic (exact) mass is 392 g/mol. The molecule has 0 unspecified atom stereocenters. The van der Waals surface area contributed by atoms with Gasteiger partial charge in [-0.2, -0.15) is 10.4 Å². The second kappa shape index (κ2) is 8.67. The Morgan fingerprint density at radius 2 is 1.97 bits per heavy atom. The SMILES string of the molecule is CCOC(=O)c1nn(-c2ccc([N+](=O)[O-])cc2)cc1OCc1ccccc1C#N. The van der Waals surface area contributed by atoms with Gasteiger partial charge in [0, 0.05) is 17.7 Å². The highest BCUT2D eigenvalue weighted by Gasteiger charge is 2.21. The zero-order valence-corrected chi connectivity index (χ0v) is 15.4. The van der Waals surface area contributed by atoms with Crippen LogP contribution >= 0.6 is 0 Å². The molecule has 0 saturated heterocycles. The summed E-state index contributed by atoms with van der Waals surface area (Å²) in [5.74, 6) is -0.480. The second-order valence-electron chi connectivity index (χ2n) is 5.84. The largest absolute Gasteiger partial charge is 0.485 e. The Bertz CT molecular complexity index is 1080. The summed E-state index contributed by atoms with van der Waals surface area (Å²) in [4.78, 5) is 22.6. The number of rotatable bonds is 7. The van der Waals surface area contributed by atoms with Gasteiger partial charge >= 0.3 is 5.97 Å². The minimum atomic E-state index is -0.656. The molecule has 9 nitrogen and oxygen atoms in total. The number of non-ortho nitro benzene ring substituents is 1. The zero-order chi connectivity index (χ0) is 20.8. The van der Waals surface area contributed by atoms with E-state index in [2.05, 4.69) is 11.2 Å². The lowest BCUT2D eigenvalue weighted by Crippen LogP contribution is -2.09. The van der Waals surface area contributed by atoms with Gasteiger partial charge in [0.05, 0.1) is 35.0 Å². The van der Waals surface area contributed by atoms with Gasteiger partial charge < -0.3 is 9.47 Å². The van der Waals surface area contributed by atoms with E-state index in [9.17, 15) is 20.2 Å². The van der Waals surface area contributed by atoms with Crippen molar-refractivity contribution in [2.45, 2.75) is 13.5 Å². The third-order valence-electron chi connectivity index (χ3n) is 4.00. The third-order valence-corrected chi connectivity index (χ3v) is 4.00. The number of nitro benzene ring substituents is 1. The molecule has 0 bridgehead atoms. The predicted molar refractivity (Wildman–Crippen MR) is 102 cm³/mol. The molecule has 0 atom stereocenters. The highest BCUT2D eigenvalue weighted by molar-refractivity contribution is 5.90. The van der Waals surface area contributed by atoms with Gasteiger partial charge in [-0.1, -0.05) is 18.2 Å². The Labute approximate surface area is 165 Å². The van der Waals surface area contributed by atoms with Crippen LogP contribution in [0.15, 0.2) is 54.7 Å². The van der Waals surface area contributed by atoms with Crippen molar-refractivity contribution < 1.29 is 19.2 Å². The Balaban J connectivity index is 1.91. The molecule has 1 aromatic heterocycles. The third kappa shape index (κ3) is 4.39. The van der Waals surface area contributed by atoms with E-state index in [-0.39, 0.29) is 30.3 Å². The van der Waals surface area contributed by atoms with E-state index in [0.29, 0.717) is 16.8 Å². The zero-order valence-electron chi connectivity index (χ0n) is 15.4. The van der Waals surface area contributed by atoms with Crippen LogP contribution in [0, 0.1) is 21.4 Å². The summed E-state index contributed by atoms with van der Waals surface area (Å²) in [6.45, 7) is 1.90. The van der Waals surface area contributed by atoms with E-state index in [4.69, 9.17) is 9.47 Å². The van der Waals surface area contributed by atoms with Crippen molar-refractivity contribution in [3.63, 3.8) is 0 Å². The van der Waals surface area contributed by atoms with Gasteiger partial charge in [-0.3, -0.25) is 10.1 Å². The molecular weight excluding hydrogens is 376 g/mol. The Kier molecular flexibility index (Phi) is 5.85. The van der Waals surface area contributed by atoms with Crippen LogP contribution in [0.2, 0.25) is 0 Å². The number of carbonyl (C=O) groups excluding carboxylic acids is 1. The summed E-state index contributed by atoms with van der Waals surface area (Å²) in [5.41, 5.74) is 1.55. The van der Waals surface area contributed by atoms with Crippen molar-refractivity contribution in [2.24, 2.45) is 0 Å². The minimum Gasteiger partial charge on any atom is -0.485 e. The van der Waals surface area contributed by atoms with Crippen molar-refractivity contribution in [3.8, 4) is 17.5 Å². The first kappa shape index (κ1) is 19.6. The first-order valence-corrected chi connectivity index (χ1v) is 8.66. The highest BCUT2D eigenvalue weighted by Crippen LogP contribution is 2.24. The van der Waals surface area contributed by atoms with Crippen molar-refractivity contribution in [2.75, 3.05) is 6.61 Å². The molecule has 0 aliphatic rings. The quantitative estimate of drug-likeness (QED) is 0.343. The fourth-order valence-electron chi connectivity index (χ4n) is 2.57. The van der Waals surface area contributed by atoms with Gasteiger partial charge in [-0.05, 0) is 25.1 Å². The fraction of sp³-hybridized carbons (Fsp3) is 0.150. The average molecular weight is 392 g/mol. The van der Waals surface area contributed by atoms with E-state index in [0.717, 1.165) is 0 Å². The normalized spacial score (nSPS) is 10.2. The summed E-state index contributed by atoms with van der Waals surface area (Å²) in [6.07, 6.45) is 1.49. The van der Waals surface area contributed by atoms with Crippen LogP contribution in [0.5, 0.6) is 5.75 Å². The van der Waals surface area contributed by atoms with E-state index in [1.54, 1.807) is 31.2 Å². The Morgan fingerprint density at radius 3 is 2.62 bits per heavy atom. The molecular formula is C20H16N4O5. The second-order valence-corrected chi connectivity index (χ2v) is 5.84. The maximum absolute atomic E-state index is 12.3. The lowest BCUT2D eigenvalue weighted by atomic mass is 10.1. The number of nitriles is 1. The van der Waals surface area contributed by atoms with Crippen LogP contribution < -0.4 is 4.74 Å². The first-order chi connectivity index (χ1) is 14.0. The molecule has 3 aromatic rings. The summed E-state index contributed by atoms with van der Waals surface area (Å²) in [5, 5.41) is 24.2. The van der Waals surface area contributed by atoms with Crippen LogP contribution in [-0.4, -0.2) is 27.3 Å². The number of ether oxygens (including phenoxy) is 2. The number of nitro groups is 1. The summed E-state index contributed by atoms with van der Waals surface area (Å²) in [7, 11) is 0. The van der Waals surface area contributed by atoms with Crippen molar-refractivity contribution >= 4 is 11.7 Å². The Morgan fingerprint density at radius 1 is 1.24 bits per heavy atom. The lowest BCUT2D eigenvalue weighted by Gasteiger charge is -2.07. The van der Waals surface area contributed by atoms with Gasteiger partial charge in [-0.25, -0.2) is 9.48 Å². The number of aromatic nitrogens is 2. The van der Waals surface area contributed by atoms with Crippen LogP contribution in [0.3, 0.4) is 0 Å². The van der Waals surface area contributed by atoms with Gasteiger partial charge in [0.2, 0.25) is 5.69 Å². The molecule has 146 valence electrons. The number of hydrogen-bond donors (Lipinski definition) is 0. The van der Waals surface area contributed by atoms with E-state index in [1.165, 1.54) is 35.1 Å². The predicted octanol–water partition coefficient (Wildman–Crippen LogP) is 3.41. The molecule has 0 aliphatic heterocycles. The van der Waals surface area contributed by atoms with Crippen LogP contribution in [0.25, 0.3) is 5.69 Å². The maximum atomic E-state index is 12.3. The Hall–Kier alpha value is -4.19. The molecule has 9 heteroatoms. The summed E-state index contributed by atoms with van der Waals surface area (Å²) in [6, 6.07) is 14.7.